The molecule has 0 saturated carbocycles. The highest BCUT2D eigenvalue weighted by Gasteiger charge is 2.05. The van der Waals surface area contributed by atoms with Crippen molar-refractivity contribution in [1.29, 1.82) is 0 Å². The van der Waals surface area contributed by atoms with E-state index in [-0.39, 0.29) is 5.97 Å². The molecule has 24 heavy (non-hydrogen) atoms. The Hall–Kier alpha value is -2.34. The van der Waals surface area contributed by atoms with E-state index in [2.05, 4.69) is 5.16 Å². The van der Waals surface area contributed by atoms with Crippen molar-refractivity contribution in [2.75, 3.05) is 26.4 Å². The highest BCUT2D eigenvalue weighted by atomic mass is 16.5. The van der Waals surface area contributed by atoms with Gasteiger partial charge in [0, 0.05) is 25.5 Å². The Kier molecular flexibility index (Phi) is 7.29. The molecule has 0 bridgehead atoms. The molecule has 0 aliphatic carbocycles. The molecule has 0 atom stereocenters. The summed E-state index contributed by atoms with van der Waals surface area (Å²) in [5, 5.41) is 3.83. The Labute approximate surface area is 141 Å². The lowest BCUT2D eigenvalue weighted by atomic mass is 10.2. The van der Waals surface area contributed by atoms with Crippen molar-refractivity contribution in [3.05, 3.63) is 47.3 Å². The summed E-state index contributed by atoms with van der Waals surface area (Å²) in [6.07, 6.45) is 1.51. The van der Waals surface area contributed by atoms with Crippen LogP contribution < -0.4 is 4.74 Å². The molecule has 0 aliphatic rings. The van der Waals surface area contributed by atoms with Gasteiger partial charge in [-0.3, -0.25) is 0 Å². The fourth-order valence-electron chi connectivity index (χ4n) is 2.06. The summed E-state index contributed by atoms with van der Waals surface area (Å²) >= 11 is 0. The van der Waals surface area contributed by atoms with Crippen LogP contribution in [0, 0.1) is 6.92 Å². The fraction of sp³-hybridized carbons (Fsp3) is 0.444. The van der Waals surface area contributed by atoms with Gasteiger partial charge >= 0.3 is 5.97 Å². The third kappa shape index (κ3) is 6.04. The van der Waals surface area contributed by atoms with Crippen molar-refractivity contribution in [2.45, 2.75) is 26.7 Å². The summed E-state index contributed by atoms with van der Waals surface area (Å²) in [6.45, 7) is 5.82. The quantitative estimate of drug-likeness (QED) is 0.491. The largest absolute Gasteiger partial charge is 0.494 e. The van der Waals surface area contributed by atoms with Crippen LogP contribution in [0.5, 0.6) is 5.75 Å². The van der Waals surface area contributed by atoms with E-state index in [4.69, 9.17) is 18.7 Å². The lowest BCUT2D eigenvalue weighted by Crippen LogP contribution is -2.06. The SMILES string of the molecule is CCOC(=O)c1ccc(OCCCOCCc2cc(C)no2)cc1. The standard InChI is InChI=1S/C18H23NO5/c1-3-22-18(20)15-5-7-16(8-6-15)23-11-4-10-21-12-9-17-13-14(2)19-24-17/h5-8,13H,3-4,9-12H2,1-2H3. The van der Waals surface area contributed by atoms with E-state index >= 15 is 0 Å². The molecule has 0 unspecified atom stereocenters. The van der Waals surface area contributed by atoms with E-state index in [1.165, 1.54) is 0 Å². The van der Waals surface area contributed by atoms with Crippen LogP contribution in [0.1, 0.15) is 35.2 Å². The minimum Gasteiger partial charge on any atom is -0.494 e. The van der Waals surface area contributed by atoms with Crippen LogP contribution in [0.25, 0.3) is 0 Å². The molecule has 6 heteroatoms. The van der Waals surface area contributed by atoms with Crippen molar-refractivity contribution in [1.82, 2.24) is 5.16 Å². The molecule has 1 heterocycles. The average molecular weight is 333 g/mol. The van der Waals surface area contributed by atoms with Gasteiger partial charge in [0.1, 0.15) is 11.5 Å². The zero-order valence-electron chi connectivity index (χ0n) is 14.1. The Morgan fingerprint density at radius 1 is 1.17 bits per heavy atom. The van der Waals surface area contributed by atoms with Crippen molar-refractivity contribution in [3.63, 3.8) is 0 Å². The lowest BCUT2D eigenvalue weighted by molar-refractivity contribution is 0.0526. The zero-order valence-corrected chi connectivity index (χ0v) is 14.1. The third-order valence-electron chi connectivity index (χ3n) is 3.24. The van der Waals surface area contributed by atoms with Crippen LogP contribution in [-0.2, 0) is 15.9 Å². The van der Waals surface area contributed by atoms with Gasteiger partial charge in [0.25, 0.3) is 0 Å². The first-order valence-corrected chi connectivity index (χ1v) is 8.09. The molecule has 130 valence electrons. The molecule has 0 spiro atoms. The van der Waals surface area contributed by atoms with Gasteiger partial charge in [0.15, 0.2) is 0 Å². The topological polar surface area (TPSA) is 70.8 Å². The summed E-state index contributed by atoms with van der Waals surface area (Å²) in [5.41, 5.74) is 1.41. The number of benzene rings is 1. The zero-order chi connectivity index (χ0) is 17.2. The van der Waals surface area contributed by atoms with Crippen LogP contribution in [0.15, 0.2) is 34.9 Å². The summed E-state index contributed by atoms with van der Waals surface area (Å²) < 4.78 is 21.2. The Balaban J connectivity index is 1.56. The van der Waals surface area contributed by atoms with Crippen molar-refractivity contribution >= 4 is 5.97 Å². The van der Waals surface area contributed by atoms with E-state index in [1.807, 2.05) is 13.0 Å². The van der Waals surface area contributed by atoms with Gasteiger partial charge < -0.3 is 18.7 Å². The monoisotopic (exact) mass is 333 g/mol. The van der Waals surface area contributed by atoms with Gasteiger partial charge in [-0.05, 0) is 38.1 Å². The lowest BCUT2D eigenvalue weighted by Gasteiger charge is -2.07. The van der Waals surface area contributed by atoms with Crippen molar-refractivity contribution < 1.29 is 23.5 Å². The van der Waals surface area contributed by atoms with E-state index < -0.39 is 0 Å². The van der Waals surface area contributed by atoms with Crippen LogP contribution in [-0.4, -0.2) is 37.6 Å². The maximum absolute atomic E-state index is 11.5. The second kappa shape index (κ2) is 9.72. The second-order valence-corrected chi connectivity index (χ2v) is 5.24. The average Bonchev–Trinajstić information content (AvgIpc) is 3.00. The third-order valence-corrected chi connectivity index (χ3v) is 3.24. The van der Waals surface area contributed by atoms with Crippen LogP contribution in [0.2, 0.25) is 0 Å². The van der Waals surface area contributed by atoms with Crippen molar-refractivity contribution in [3.8, 4) is 5.75 Å². The molecule has 1 aromatic carbocycles. The number of rotatable bonds is 10. The second-order valence-electron chi connectivity index (χ2n) is 5.24. The summed E-state index contributed by atoms with van der Waals surface area (Å²) in [5.74, 6) is 1.24. The van der Waals surface area contributed by atoms with Gasteiger partial charge in [-0.2, -0.15) is 0 Å². The normalized spacial score (nSPS) is 10.6. The molecule has 2 aromatic rings. The molecule has 0 N–H and O–H groups in total. The van der Waals surface area contributed by atoms with Gasteiger partial charge in [-0.15, -0.1) is 0 Å². The molecule has 0 radical (unpaired) electrons. The van der Waals surface area contributed by atoms with Gasteiger partial charge in [-0.1, -0.05) is 5.16 Å². The molecule has 0 amide bonds. The first kappa shape index (κ1) is 18.0. The van der Waals surface area contributed by atoms with Crippen molar-refractivity contribution in [2.24, 2.45) is 0 Å². The van der Waals surface area contributed by atoms with Crippen LogP contribution >= 0.6 is 0 Å². The molecular formula is C18H23NO5. The maximum Gasteiger partial charge on any atom is 0.338 e. The number of carbonyl (C=O) groups excluding carboxylic acids is 1. The summed E-state index contributed by atoms with van der Waals surface area (Å²) in [6, 6.07) is 8.83. The predicted molar refractivity (Wildman–Crippen MR) is 88.3 cm³/mol. The maximum atomic E-state index is 11.5. The Morgan fingerprint density at radius 2 is 1.96 bits per heavy atom. The summed E-state index contributed by atoms with van der Waals surface area (Å²) in [4.78, 5) is 11.5. The van der Waals surface area contributed by atoms with Gasteiger partial charge in [-0.25, -0.2) is 4.79 Å². The molecule has 1 aromatic heterocycles. The first-order valence-electron chi connectivity index (χ1n) is 8.09. The number of hydrogen-bond donors (Lipinski definition) is 0. The van der Waals surface area contributed by atoms with E-state index in [9.17, 15) is 4.79 Å². The first-order chi connectivity index (χ1) is 11.7. The van der Waals surface area contributed by atoms with Gasteiger partial charge in [0.05, 0.1) is 31.1 Å². The number of esters is 1. The minimum absolute atomic E-state index is 0.320. The Bertz CT molecular complexity index is 621. The molecule has 0 fully saturated rings. The molecule has 6 nitrogen and oxygen atoms in total. The van der Waals surface area contributed by atoms with Crippen LogP contribution in [0.3, 0.4) is 0 Å². The summed E-state index contributed by atoms with van der Waals surface area (Å²) in [7, 11) is 0. The smallest absolute Gasteiger partial charge is 0.338 e. The highest BCUT2D eigenvalue weighted by molar-refractivity contribution is 5.89. The number of aryl methyl sites for hydroxylation is 1. The van der Waals surface area contributed by atoms with E-state index in [1.54, 1.807) is 31.2 Å². The number of aromatic nitrogens is 1. The highest BCUT2D eigenvalue weighted by Crippen LogP contribution is 2.13. The number of ether oxygens (including phenoxy) is 3. The molecule has 0 saturated heterocycles. The fourth-order valence-corrected chi connectivity index (χ4v) is 2.06. The molecular weight excluding hydrogens is 310 g/mol. The van der Waals surface area contributed by atoms with E-state index in [0.717, 1.165) is 30.0 Å². The minimum atomic E-state index is -0.320. The number of nitrogens with zero attached hydrogens (tertiary/aromatic N) is 1. The van der Waals surface area contributed by atoms with Gasteiger partial charge in [0.2, 0.25) is 0 Å². The predicted octanol–water partition coefficient (Wildman–Crippen LogP) is 3.19. The Morgan fingerprint density at radius 3 is 2.62 bits per heavy atom. The number of hydrogen-bond acceptors (Lipinski definition) is 6. The van der Waals surface area contributed by atoms with E-state index in [0.29, 0.717) is 32.0 Å². The molecule has 2 rings (SSSR count). The molecule has 0 aliphatic heterocycles. The number of carbonyl (C=O) groups is 1. The van der Waals surface area contributed by atoms with Crippen LogP contribution in [0.4, 0.5) is 0 Å².